The third-order valence-electron chi connectivity index (χ3n) is 5.89. The number of amides is 1. The van der Waals surface area contributed by atoms with Crippen molar-refractivity contribution in [3.8, 4) is 0 Å². The Kier molecular flexibility index (Phi) is 7.84. The van der Waals surface area contributed by atoms with Gasteiger partial charge >= 0.3 is 0 Å². The summed E-state index contributed by atoms with van der Waals surface area (Å²) in [7, 11) is -3.81. The highest BCUT2D eigenvalue weighted by molar-refractivity contribution is 7.92. The summed E-state index contributed by atoms with van der Waals surface area (Å²) in [5.74, 6) is -0.154. The second-order valence-electron chi connectivity index (χ2n) is 8.38. The van der Waals surface area contributed by atoms with Gasteiger partial charge in [-0.1, -0.05) is 31.5 Å². The fourth-order valence-electron chi connectivity index (χ4n) is 4.00. The monoisotopic (exact) mass is 498 g/mol. The number of carbonyl (C=O) groups excluding carboxylic acids is 1. The van der Waals surface area contributed by atoms with Gasteiger partial charge in [0.05, 0.1) is 4.90 Å². The van der Waals surface area contributed by atoms with Crippen LogP contribution in [0.15, 0.2) is 65.0 Å². The molecule has 1 aliphatic rings. The van der Waals surface area contributed by atoms with Crippen molar-refractivity contribution < 1.29 is 13.2 Å². The summed E-state index contributed by atoms with van der Waals surface area (Å²) in [6.45, 7) is 4.88. The fraction of sp³-hybridized carbons (Fsp3) is 0.360. The molecule has 1 fully saturated rings. The quantitative estimate of drug-likeness (QED) is 0.489. The number of carbonyl (C=O) groups is 1. The summed E-state index contributed by atoms with van der Waals surface area (Å²) >= 11 is 1.59. The summed E-state index contributed by atoms with van der Waals surface area (Å²) in [6.07, 6.45) is 5.82. The standard InChI is InChI=1S/C25H30N4O3S2/c1-2-3-6-20-9-11-22(12-10-20)27-34(31,32)23-8-4-7-21(19-23)24(30)28-14-5-15-29(17-16-28)25-26-13-18-33-25/h4,7-13,18-19,27H,2-3,5-6,14-17H2,1H3. The maximum absolute atomic E-state index is 13.2. The first-order valence-electron chi connectivity index (χ1n) is 11.6. The fourth-order valence-corrected chi connectivity index (χ4v) is 5.80. The number of unbranched alkanes of at least 4 members (excludes halogenated alkanes) is 1. The summed E-state index contributed by atoms with van der Waals surface area (Å²) in [4.78, 5) is 21.6. The number of aromatic nitrogens is 1. The molecule has 1 aliphatic heterocycles. The molecule has 34 heavy (non-hydrogen) atoms. The number of hydrogen-bond donors (Lipinski definition) is 1. The average Bonchev–Trinajstić information content (AvgIpc) is 3.28. The van der Waals surface area contributed by atoms with Gasteiger partial charge in [-0.2, -0.15) is 0 Å². The summed E-state index contributed by atoms with van der Waals surface area (Å²) < 4.78 is 28.6. The molecule has 180 valence electrons. The van der Waals surface area contributed by atoms with E-state index < -0.39 is 10.0 Å². The molecule has 4 rings (SSSR count). The number of thiazole rings is 1. The third kappa shape index (κ3) is 5.95. The van der Waals surface area contributed by atoms with Crippen molar-refractivity contribution in [1.29, 1.82) is 0 Å². The lowest BCUT2D eigenvalue weighted by molar-refractivity contribution is 0.0766. The van der Waals surface area contributed by atoms with E-state index in [9.17, 15) is 13.2 Å². The van der Waals surface area contributed by atoms with E-state index in [-0.39, 0.29) is 10.8 Å². The first-order chi connectivity index (χ1) is 16.5. The lowest BCUT2D eigenvalue weighted by atomic mass is 10.1. The van der Waals surface area contributed by atoms with Crippen molar-refractivity contribution in [2.24, 2.45) is 0 Å². The van der Waals surface area contributed by atoms with Crippen LogP contribution in [0.4, 0.5) is 10.8 Å². The van der Waals surface area contributed by atoms with Gasteiger partial charge in [-0.25, -0.2) is 13.4 Å². The average molecular weight is 499 g/mol. The van der Waals surface area contributed by atoms with E-state index in [4.69, 9.17) is 0 Å². The van der Waals surface area contributed by atoms with Gasteiger partial charge in [0, 0.05) is 49.0 Å². The first kappa shape index (κ1) is 24.2. The molecule has 0 radical (unpaired) electrons. The van der Waals surface area contributed by atoms with Gasteiger partial charge < -0.3 is 9.80 Å². The number of aryl methyl sites for hydroxylation is 1. The van der Waals surface area contributed by atoms with Crippen molar-refractivity contribution in [2.75, 3.05) is 35.8 Å². The molecular weight excluding hydrogens is 468 g/mol. The van der Waals surface area contributed by atoms with E-state index in [0.29, 0.717) is 30.9 Å². The Morgan fingerprint density at radius 3 is 2.65 bits per heavy atom. The molecule has 0 saturated carbocycles. The van der Waals surface area contributed by atoms with Crippen LogP contribution in [0.2, 0.25) is 0 Å². The third-order valence-corrected chi connectivity index (χ3v) is 8.10. The minimum absolute atomic E-state index is 0.0765. The first-order valence-corrected chi connectivity index (χ1v) is 14.0. The molecule has 0 bridgehead atoms. The molecular formula is C25H30N4O3S2. The molecule has 2 aromatic carbocycles. The van der Waals surface area contributed by atoms with Gasteiger partial charge in [0.25, 0.3) is 15.9 Å². The summed E-state index contributed by atoms with van der Waals surface area (Å²) in [5.41, 5.74) is 2.07. The predicted molar refractivity (Wildman–Crippen MR) is 137 cm³/mol. The lowest BCUT2D eigenvalue weighted by Crippen LogP contribution is -2.35. The van der Waals surface area contributed by atoms with E-state index in [1.54, 1.807) is 46.7 Å². The smallest absolute Gasteiger partial charge is 0.261 e. The van der Waals surface area contributed by atoms with Crippen molar-refractivity contribution >= 4 is 38.1 Å². The Balaban J connectivity index is 1.43. The van der Waals surface area contributed by atoms with E-state index >= 15 is 0 Å². The number of sulfonamides is 1. The van der Waals surface area contributed by atoms with Crippen LogP contribution in [0.3, 0.4) is 0 Å². The molecule has 9 heteroatoms. The van der Waals surface area contributed by atoms with E-state index in [1.807, 2.05) is 17.5 Å². The van der Waals surface area contributed by atoms with Crippen LogP contribution >= 0.6 is 11.3 Å². The number of nitrogens with one attached hydrogen (secondary N) is 1. The Hall–Kier alpha value is -2.91. The lowest BCUT2D eigenvalue weighted by Gasteiger charge is -2.22. The molecule has 1 aromatic heterocycles. The van der Waals surface area contributed by atoms with Crippen molar-refractivity contribution in [3.63, 3.8) is 0 Å². The van der Waals surface area contributed by atoms with E-state index in [2.05, 4.69) is 21.5 Å². The second-order valence-corrected chi connectivity index (χ2v) is 10.9. The molecule has 1 saturated heterocycles. The Morgan fingerprint density at radius 1 is 1.09 bits per heavy atom. The van der Waals surface area contributed by atoms with Crippen LogP contribution < -0.4 is 9.62 Å². The minimum Gasteiger partial charge on any atom is -0.346 e. The zero-order valence-electron chi connectivity index (χ0n) is 19.3. The number of benzene rings is 2. The number of rotatable bonds is 8. The van der Waals surface area contributed by atoms with Crippen LogP contribution in [-0.4, -0.2) is 50.4 Å². The summed E-state index contributed by atoms with van der Waals surface area (Å²) in [6, 6.07) is 13.7. The highest BCUT2D eigenvalue weighted by Gasteiger charge is 2.23. The normalized spacial score (nSPS) is 14.6. The van der Waals surface area contributed by atoms with Crippen molar-refractivity contribution in [1.82, 2.24) is 9.88 Å². The van der Waals surface area contributed by atoms with Crippen molar-refractivity contribution in [3.05, 3.63) is 71.2 Å². The molecule has 1 amide bonds. The molecule has 0 unspecified atom stereocenters. The van der Waals surface area contributed by atoms with E-state index in [0.717, 1.165) is 37.4 Å². The molecule has 0 atom stereocenters. The SMILES string of the molecule is CCCCc1ccc(NS(=O)(=O)c2cccc(C(=O)N3CCCN(c4nccs4)CC3)c2)cc1. The maximum atomic E-state index is 13.2. The van der Waals surface area contributed by atoms with Crippen LogP contribution in [0.5, 0.6) is 0 Å². The number of nitrogens with zero attached hydrogens (tertiary/aromatic N) is 3. The maximum Gasteiger partial charge on any atom is 0.261 e. The van der Waals surface area contributed by atoms with Crippen LogP contribution in [0.1, 0.15) is 42.1 Å². The van der Waals surface area contributed by atoms with E-state index in [1.165, 1.54) is 17.7 Å². The second kappa shape index (κ2) is 11.0. The molecule has 3 aromatic rings. The topological polar surface area (TPSA) is 82.6 Å². The molecule has 0 spiro atoms. The van der Waals surface area contributed by atoms with Crippen LogP contribution in [0, 0.1) is 0 Å². The van der Waals surface area contributed by atoms with Gasteiger partial charge in [0.15, 0.2) is 5.13 Å². The number of hydrogen-bond acceptors (Lipinski definition) is 6. The molecule has 1 N–H and O–H groups in total. The largest absolute Gasteiger partial charge is 0.346 e. The van der Waals surface area contributed by atoms with Gasteiger partial charge in [0.2, 0.25) is 0 Å². The zero-order valence-corrected chi connectivity index (χ0v) is 20.9. The minimum atomic E-state index is -3.81. The molecule has 0 aliphatic carbocycles. The van der Waals surface area contributed by atoms with Crippen LogP contribution in [0.25, 0.3) is 0 Å². The van der Waals surface area contributed by atoms with Gasteiger partial charge in [0.1, 0.15) is 0 Å². The zero-order chi connectivity index (χ0) is 24.0. The Bertz CT molecular complexity index is 1200. The Labute approximate surface area is 205 Å². The predicted octanol–water partition coefficient (Wildman–Crippen LogP) is 4.64. The van der Waals surface area contributed by atoms with Gasteiger partial charge in [-0.05, 0) is 55.2 Å². The molecule has 7 nitrogen and oxygen atoms in total. The Morgan fingerprint density at radius 2 is 1.91 bits per heavy atom. The van der Waals surface area contributed by atoms with Crippen LogP contribution in [-0.2, 0) is 16.4 Å². The molecule has 2 heterocycles. The van der Waals surface area contributed by atoms with Crippen molar-refractivity contribution in [2.45, 2.75) is 37.5 Å². The highest BCUT2D eigenvalue weighted by atomic mass is 32.2. The number of anilines is 2. The summed E-state index contributed by atoms with van der Waals surface area (Å²) in [5, 5.41) is 2.91. The highest BCUT2D eigenvalue weighted by Crippen LogP contribution is 2.22. The van der Waals surface area contributed by atoms with Gasteiger partial charge in [-0.15, -0.1) is 11.3 Å². The van der Waals surface area contributed by atoms with Gasteiger partial charge in [-0.3, -0.25) is 9.52 Å².